The van der Waals surface area contributed by atoms with Gasteiger partial charge >= 0.3 is 6.18 Å². The van der Waals surface area contributed by atoms with Gasteiger partial charge in [0.15, 0.2) is 0 Å². The summed E-state index contributed by atoms with van der Waals surface area (Å²) in [5.41, 5.74) is 5.17. The molecule has 170 valence electrons. The van der Waals surface area contributed by atoms with Gasteiger partial charge in [0.25, 0.3) is 5.91 Å². The predicted molar refractivity (Wildman–Crippen MR) is 111 cm³/mol. The molecule has 0 bridgehead atoms. The number of alkyl halides is 3. The summed E-state index contributed by atoms with van der Waals surface area (Å²) in [4.78, 5) is 26.7. The number of fused-ring (bicyclic) bond motifs is 1. The van der Waals surface area contributed by atoms with Crippen molar-refractivity contribution in [2.24, 2.45) is 5.73 Å². The van der Waals surface area contributed by atoms with Crippen molar-refractivity contribution in [3.05, 3.63) is 76.7 Å². The van der Waals surface area contributed by atoms with E-state index >= 15 is 0 Å². The number of amides is 2. The largest absolute Gasteiger partial charge is 0.406 e. The van der Waals surface area contributed by atoms with E-state index in [4.69, 9.17) is 16.4 Å². The van der Waals surface area contributed by atoms with E-state index in [1.54, 1.807) is 6.07 Å². The summed E-state index contributed by atoms with van der Waals surface area (Å²) in [5, 5.41) is 19.0. The lowest BCUT2D eigenvalue weighted by atomic mass is 9.79. The van der Waals surface area contributed by atoms with Gasteiger partial charge in [-0.25, -0.2) is 4.39 Å². The first kappa shape index (κ1) is 23.5. The molecule has 7 nitrogen and oxygen atoms in total. The van der Waals surface area contributed by atoms with Crippen LogP contribution in [0.25, 0.3) is 0 Å². The molecule has 0 saturated carbocycles. The van der Waals surface area contributed by atoms with Gasteiger partial charge in [0.05, 0.1) is 23.6 Å². The Morgan fingerprint density at radius 3 is 2.58 bits per heavy atom. The Hall–Kier alpha value is -4.20. The zero-order valence-corrected chi connectivity index (χ0v) is 16.9. The number of benzene rings is 2. The molecule has 11 heteroatoms. The van der Waals surface area contributed by atoms with E-state index in [2.05, 4.69) is 5.32 Å². The average Bonchev–Trinajstić information content (AvgIpc) is 2.75. The fraction of sp³-hybridized carbons (Fsp3) is 0.182. The van der Waals surface area contributed by atoms with Gasteiger partial charge in [0.1, 0.15) is 12.4 Å². The number of nitriles is 1. The Bertz CT molecular complexity index is 1190. The topological polar surface area (TPSA) is 123 Å². The third-order valence-corrected chi connectivity index (χ3v) is 5.07. The number of carbonyl (C=O) groups excluding carboxylic acids is 2. The maximum atomic E-state index is 13.8. The molecule has 0 fully saturated rings. The molecule has 4 N–H and O–H groups in total. The van der Waals surface area contributed by atoms with Gasteiger partial charge in [-0.05, 0) is 29.8 Å². The number of nitrogens with zero attached hydrogens (tertiary/aromatic N) is 2. The van der Waals surface area contributed by atoms with Gasteiger partial charge in [0.2, 0.25) is 5.91 Å². The maximum Gasteiger partial charge on any atom is 0.406 e. The second-order valence-electron chi connectivity index (χ2n) is 7.20. The molecule has 0 spiro atoms. The molecule has 1 aliphatic heterocycles. The zero-order chi connectivity index (χ0) is 24.3. The van der Waals surface area contributed by atoms with E-state index in [1.165, 1.54) is 30.3 Å². The molecule has 2 amide bonds. The van der Waals surface area contributed by atoms with Crippen LogP contribution in [0.5, 0.6) is 0 Å². The Morgan fingerprint density at radius 1 is 1.27 bits per heavy atom. The zero-order valence-electron chi connectivity index (χ0n) is 16.9. The Morgan fingerprint density at radius 2 is 1.97 bits per heavy atom. The third kappa shape index (κ3) is 4.85. The van der Waals surface area contributed by atoms with Gasteiger partial charge in [-0.3, -0.25) is 9.59 Å². The number of halogens is 4. The molecule has 3 rings (SSSR count). The molecule has 0 unspecified atom stereocenters. The number of carbonyl (C=O) groups is 2. The first-order chi connectivity index (χ1) is 15.6. The highest BCUT2D eigenvalue weighted by atomic mass is 19.4. The van der Waals surface area contributed by atoms with Crippen LogP contribution in [-0.2, 0) is 4.79 Å². The minimum Gasteiger partial charge on any atom is -0.404 e. The van der Waals surface area contributed by atoms with Crippen LogP contribution in [0.3, 0.4) is 0 Å². The molecule has 2 aromatic rings. The number of hydrogen-bond donors (Lipinski definition) is 3. The van der Waals surface area contributed by atoms with Crippen molar-refractivity contribution in [2.45, 2.75) is 18.1 Å². The fourth-order valence-corrected chi connectivity index (χ4v) is 3.79. The molecule has 1 aliphatic rings. The van der Waals surface area contributed by atoms with Gasteiger partial charge in [-0.1, -0.05) is 18.2 Å². The van der Waals surface area contributed by atoms with Gasteiger partial charge in [-0.15, -0.1) is 0 Å². The van der Waals surface area contributed by atoms with Gasteiger partial charge < -0.3 is 21.4 Å². The summed E-state index contributed by atoms with van der Waals surface area (Å²) in [7, 11) is 0. The van der Waals surface area contributed by atoms with Crippen molar-refractivity contribution in [2.75, 3.05) is 11.9 Å². The van der Waals surface area contributed by atoms with E-state index < -0.39 is 42.3 Å². The standard InChI is InChI=1S/C22H17F4N5O2/c23-14-5-12(8-27)6-15(7-14)30-20(32)18-16-3-1-2-4-17(16)21(33)31(11-22(24,25)26)19(18)13(9-28)10-29/h1-7,9-10,18-19,28H,11,29H2,(H,30,32)/b13-10+,28-9?/t18-,19+/m0/s1. The van der Waals surface area contributed by atoms with Crippen LogP contribution in [-0.4, -0.2) is 41.7 Å². The fourth-order valence-electron chi connectivity index (χ4n) is 3.79. The van der Waals surface area contributed by atoms with Crippen LogP contribution >= 0.6 is 0 Å². The molecular weight excluding hydrogens is 442 g/mol. The molecule has 0 radical (unpaired) electrons. The van der Waals surface area contributed by atoms with E-state index in [-0.39, 0.29) is 28.0 Å². The van der Waals surface area contributed by atoms with Gasteiger partial charge in [-0.2, -0.15) is 18.4 Å². The van der Waals surface area contributed by atoms with Crippen molar-refractivity contribution in [1.82, 2.24) is 4.90 Å². The number of hydrogen-bond acceptors (Lipinski definition) is 5. The van der Waals surface area contributed by atoms with Crippen LogP contribution in [0.1, 0.15) is 27.4 Å². The molecule has 1 heterocycles. The van der Waals surface area contributed by atoms with Crippen LogP contribution in [0.15, 0.2) is 54.2 Å². The lowest BCUT2D eigenvalue weighted by Gasteiger charge is -2.42. The lowest BCUT2D eigenvalue weighted by Crippen LogP contribution is -2.55. The molecule has 33 heavy (non-hydrogen) atoms. The Balaban J connectivity index is 2.16. The number of rotatable bonds is 5. The van der Waals surface area contributed by atoms with Crippen molar-refractivity contribution in [1.29, 1.82) is 10.7 Å². The Labute approximate surface area is 185 Å². The molecule has 2 atom stereocenters. The summed E-state index contributed by atoms with van der Waals surface area (Å²) in [6.07, 6.45) is -3.27. The smallest absolute Gasteiger partial charge is 0.404 e. The van der Waals surface area contributed by atoms with Crippen molar-refractivity contribution in [3.8, 4) is 6.07 Å². The minimum absolute atomic E-state index is 0.0817. The normalized spacial score (nSPS) is 18.3. The average molecular weight is 459 g/mol. The van der Waals surface area contributed by atoms with E-state index in [1.807, 2.05) is 0 Å². The van der Waals surface area contributed by atoms with Crippen LogP contribution in [0, 0.1) is 22.6 Å². The van der Waals surface area contributed by atoms with Gasteiger partial charge in [0, 0.05) is 29.2 Å². The quantitative estimate of drug-likeness (QED) is 0.469. The SMILES string of the molecule is N#Cc1cc(F)cc(NC(=O)[C@H]2c3ccccc3C(=O)N(CC(F)(F)F)[C@@H]2/C(C=N)=C/N)c1. The second kappa shape index (κ2) is 9.12. The molecule has 2 aromatic carbocycles. The van der Waals surface area contributed by atoms with E-state index in [0.717, 1.165) is 18.3 Å². The number of nitrogens with two attached hydrogens (primary N) is 1. The summed E-state index contributed by atoms with van der Waals surface area (Å²) < 4.78 is 53.9. The molecular formula is C22H17F4N5O2. The van der Waals surface area contributed by atoms with E-state index in [0.29, 0.717) is 11.1 Å². The van der Waals surface area contributed by atoms with Crippen molar-refractivity contribution < 1.29 is 27.2 Å². The molecule has 0 saturated heterocycles. The van der Waals surface area contributed by atoms with Crippen molar-refractivity contribution >= 4 is 23.7 Å². The number of anilines is 1. The highest BCUT2D eigenvalue weighted by Crippen LogP contribution is 2.38. The summed E-state index contributed by atoms with van der Waals surface area (Å²) in [6, 6.07) is 8.93. The maximum absolute atomic E-state index is 13.8. The summed E-state index contributed by atoms with van der Waals surface area (Å²) in [6.45, 7) is -1.68. The second-order valence-corrected chi connectivity index (χ2v) is 7.20. The lowest BCUT2D eigenvalue weighted by molar-refractivity contribution is -0.146. The Kier molecular flexibility index (Phi) is 6.48. The number of nitrogens with one attached hydrogen (secondary N) is 2. The molecule has 0 aromatic heterocycles. The van der Waals surface area contributed by atoms with Crippen molar-refractivity contribution in [3.63, 3.8) is 0 Å². The summed E-state index contributed by atoms with van der Waals surface area (Å²) in [5.74, 6) is -4.06. The minimum atomic E-state index is -4.80. The van der Waals surface area contributed by atoms with Crippen LogP contribution < -0.4 is 11.1 Å². The highest BCUT2D eigenvalue weighted by Gasteiger charge is 2.48. The highest BCUT2D eigenvalue weighted by molar-refractivity contribution is 6.06. The first-order valence-corrected chi connectivity index (χ1v) is 9.50. The summed E-state index contributed by atoms with van der Waals surface area (Å²) >= 11 is 0. The first-order valence-electron chi connectivity index (χ1n) is 9.50. The van der Waals surface area contributed by atoms with Crippen LogP contribution in [0.4, 0.5) is 23.2 Å². The monoisotopic (exact) mass is 459 g/mol. The molecule has 0 aliphatic carbocycles. The van der Waals surface area contributed by atoms with Crippen LogP contribution in [0.2, 0.25) is 0 Å². The van der Waals surface area contributed by atoms with E-state index in [9.17, 15) is 27.2 Å². The predicted octanol–water partition coefficient (Wildman–Crippen LogP) is 3.30. The third-order valence-electron chi connectivity index (χ3n) is 5.07.